The molecule has 5 nitrogen and oxygen atoms in total. The van der Waals surface area contributed by atoms with Crippen LogP contribution in [0.1, 0.15) is 42.3 Å². The zero-order valence-electron chi connectivity index (χ0n) is 16.6. The first-order chi connectivity index (χ1) is 13.8. The maximum Gasteiger partial charge on any atom is 0.416 e. The molecular weight excluding hydrogens is 424 g/mol. The Bertz CT molecular complexity index is 1030. The molecule has 0 aromatic heterocycles. The van der Waals surface area contributed by atoms with E-state index in [0.29, 0.717) is 5.56 Å². The van der Waals surface area contributed by atoms with E-state index >= 15 is 0 Å². The Hall–Kier alpha value is -2.46. The lowest BCUT2D eigenvalue weighted by Crippen LogP contribution is -2.37. The first kappa shape index (κ1) is 23.8. The summed E-state index contributed by atoms with van der Waals surface area (Å²) in [6.07, 6.45) is -4.50. The highest BCUT2D eigenvalue weighted by atomic mass is 32.2. The molecule has 0 aliphatic rings. The molecule has 0 radical (unpaired) electrons. The molecule has 164 valence electrons. The summed E-state index contributed by atoms with van der Waals surface area (Å²) in [6.45, 7) is 4.85. The summed E-state index contributed by atoms with van der Waals surface area (Å²) in [6, 6.07) is 7.55. The van der Waals surface area contributed by atoms with Crippen LogP contribution < -0.4 is 10.0 Å². The van der Waals surface area contributed by atoms with Crippen molar-refractivity contribution in [1.29, 1.82) is 0 Å². The third-order valence-electron chi connectivity index (χ3n) is 4.49. The fraction of sp³-hybridized carbons (Fsp3) is 0.350. The van der Waals surface area contributed by atoms with E-state index in [2.05, 4.69) is 10.0 Å². The lowest BCUT2D eigenvalue weighted by molar-refractivity contribution is -0.137. The van der Waals surface area contributed by atoms with Gasteiger partial charge in [0.15, 0.2) is 0 Å². The molecule has 2 rings (SSSR count). The van der Waals surface area contributed by atoms with Crippen LogP contribution >= 0.6 is 0 Å². The summed E-state index contributed by atoms with van der Waals surface area (Å²) < 4.78 is 79.4. The molecule has 1 amide bonds. The number of carbonyl (C=O) groups excluding carboxylic acids is 1. The minimum absolute atomic E-state index is 0.100. The van der Waals surface area contributed by atoms with Gasteiger partial charge in [-0.25, -0.2) is 17.5 Å². The summed E-state index contributed by atoms with van der Waals surface area (Å²) >= 11 is 0. The number of benzene rings is 2. The lowest BCUT2D eigenvalue weighted by atomic mass is 9.83. The van der Waals surface area contributed by atoms with Crippen LogP contribution in [0.2, 0.25) is 0 Å². The Kier molecular flexibility index (Phi) is 6.93. The van der Waals surface area contributed by atoms with Crippen molar-refractivity contribution < 1.29 is 30.8 Å². The van der Waals surface area contributed by atoms with Crippen LogP contribution in [-0.2, 0) is 21.6 Å². The molecule has 2 aromatic rings. The number of alkyl halides is 3. The van der Waals surface area contributed by atoms with Gasteiger partial charge in [0, 0.05) is 18.5 Å². The normalized spacial score (nSPS) is 12.6. The summed E-state index contributed by atoms with van der Waals surface area (Å²) in [4.78, 5) is 12.2. The van der Waals surface area contributed by atoms with Crippen molar-refractivity contribution in [3.05, 3.63) is 65.0 Å². The second-order valence-corrected chi connectivity index (χ2v) is 9.06. The molecule has 0 bridgehead atoms. The van der Waals surface area contributed by atoms with Crippen molar-refractivity contribution in [3.8, 4) is 0 Å². The average molecular weight is 446 g/mol. The highest BCUT2D eigenvalue weighted by Crippen LogP contribution is 2.32. The smallest absolute Gasteiger partial charge is 0.351 e. The number of carbonyl (C=O) groups is 1. The molecular formula is C20H22F4N2O3S. The number of nitrogens with one attached hydrogen (secondary N) is 2. The van der Waals surface area contributed by atoms with Crippen molar-refractivity contribution in [2.45, 2.75) is 37.3 Å². The maximum atomic E-state index is 14.1. The molecule has 0 saturated heterocycles. The monoisotopic (exact) mass is 446 g/mol. The van der Waals surface area contributed by atoms with Crippen LogP contribution in [0.3, 0.4) is 0 Å². The summed E-state index contributed by atoms with van der Waals surface area (Å²) in [5.41, 5.74) is -1.86. The minimum atomic E-state index is -4.50. The van der Waals surface area contributed by atoms with Crippen LogP contribution in [0, 0.1) is 5.82 Å². The van der Waals surface area contributed by atoms with E-state index in [4.69, 9.17) is 0 Å². The number of amides is 1. The SMILES string of the molecule is CCNS(=O)(=O)c1ccc(F)c(C(=O)NCC(C)(C)c2cccc(C(F)(F)F)c2)c1. The van der Waals surface area contributed by atoms with Crippen LogP contribution in [0.5, 0.6) is 0 Å². The van der Waals surface area contributed by atoms with Crippen molar-refractivity contribution in [2.75, 3.05) is 13.1 Å². The fourth-order valence-corrected chi connectivity index (χ4v) is 3.80. The third kappa shape index (κ3) is 5.57. The number of rotatable bonds is 7. The first-order valence-electron chi connectivity index (χ1n) is 9.03. The van der Waals surface area contributed by atoms with Gasteiger partial charge in [-0.05, 0) is 29.8 Å². The third-order valence-corrected chi connectivity index (χ3v) is 6.03. The number of hydrogen-bond donors (Lipinski definition) is 2. The molecule has 0 atom stereocenters. The van der Waals surface area contributed by atoms with E-state index in [0.717, 1.165) is 30.3 Å². The van der Waals surface area contributed by atoms with Crippen molar-refractivity contribution in [3.63, 3.8) is 0 Å². The molecule has 2 N–H and O–H groups in total. The Morgan fingerprint density at radius 2 is 1.67 bits per heavy atom. The van der Waals surface area contributed by atoms with Gasteiger partial charge in [0.1, 0.15) is 5.82 Å². The van der Waals surface area contributed by atoms with Crippen LogP contribution in [0.15, 0.2) is 47.4 Å². The topological polar surface area (TPSA) is 75.3 Å². The maximum absolute atomic E-state index is 14.1. The van der Waals surface area contributed by atoms with E-state index in [-0.39, 0.29) is 18.0 Å². The predicted molar refractivity (Wildman–Crippen MR) is 104 cm³/mol. The van der Waals surface area contributed by atoms with Crippen LogP contribution in [0.4, 0.5) is 17.6 Å². The van der Waals surface area contributed by atoms with E-state index in [1.807, 2.05) is 0 Å². The van der Waals surface area contributed by atoms with Gasteiger partial charge in [0.05, 0.1) is 16.0 Å². The number of halogens is 4. The Morgan fingerprint density at radius 3 is 2.27 bits per heavy atom. The average Bonchev–Trinajstić information content (AvgIpc) is 2.66. The van der Waals surface area contributed by atoms with Crippen LogP contribution in [0.25, 0.3) is 0 Å². The Labute approximate surface area is 172 Å². The lowest BCUT2D eigenvalue weighted by Gasteiger charge is -2.26. The predicted octanol–water partition coefficient (Wildman–Crippen LogP) is 3.85. The molecule has 0 fully saturated rings. The van der Waals surface area contributed by atoms with Gasteiger partial charge in [-0.2, -0.15) is 13.2 Å². The quantitative estimate of drug-likeness (QED) is 0.635. The molecule has 0 heterocycles. The van der Waals surface area contributed by atoms with Gasteiger partial charge < -0.3 is 5.32 Å². The number of sulfonamides is 1. The zero-order valence-corrected chi connectivity index (χ0v) is 17.4. The van der Waals surface area contributed by atoms with Crippen LogP contribution in [-0.4, -0.2) is 27.4 Å². The van der Waals surface area contributed by atoms with Gasteiger partial charge in [0.2, 0.25) is 10.0 Å². The highest BCUT2D eigenvalue weighted by Gasteiger charge is 2.32. The van der Waals surface area contributed by atoms with E-state index in [9.17, 15) is 30.8 Å². The second-order valence-electron chi connectivity index (χ2n) is 7.29. The van der Waals surface area contributed by atoms with Crippen molar-refractivity contribution >= 4 is 15.9 Å². The molecule has 0 aliphatic heterocycles. The van der Waals surface area contributed by atoms with E-state index in [1.165, 1.54) is 12.1 Å². The molecule has 10 heteroatoms. The van der Waals surface area contributed by atoms with Gasteiger partial charge in [0.25, 0.3) is 5.91 Å². The van der Waals surface area contributed by atoms with E-state index < -0.39 is 44.5 Å². The molecule has 0 unspecified atom stereocenters. The van der Waals surface area contributed by atoms with Gasteiger partial charge >= 0.3 is 6.18 Å². The summed E-state index contributed by atoms with van der Waals surface area (Å²) in [5.74, 6) is -1.79. The molecule has 0 saturated carbocycles. The fourth-order valence-electron chi connectivity index (χ4n) is 2.73. The highest BCUT2D eigenvalue weighted by molar-refractivity contribution is 7.89. The zero-order chi connectivity index (χ0) is 22.7. The first-order valence-corrected chi connectivity index (χ1v) is 10.5. The molecule has 0 aliphatic carbocycles. The van der Waals surface area contributed by atoms with Crippen molar-refractivity contribution in [1.82, 2.24) is 10.0 Å². The second kappa shape index (κ2) is 8.73. The molecule has 0 spiro atoms. The van der Waals surface area contributed by atoms with Gasteiger partial charge in [-0.3, -0.25) is 4.79 Å². The number of hydrogen-bond acceptors (Lipinski definition) is 3. The standard InChI is InChI=1S/C20H22F4N2O3S/c1-4-26-30(28,29)15-8-9-17(21)16(11-15)18(27)25-12-19(2,3)13-6-5-7-14(10-13)20(22,23)24/h5-11,26H,4,12H2,1-3H3,(H,25,27). The van der Waals surface area contributed by atoms with Gasteiger partial charge in [-0.15, -0.1) is 0 Å². The Morgan fingerprint density at radius 1 is 1.03 bits per heavy atom. The van der Waals surface area contributed by atoms with E-state index in [1.54, 1.807) is 20.8 Å². The van der Waals surface area contributed by atoms with Gasteiger partial charge in [-0.1, -0.05) is 39.0 Å². The molecule has 30 heavy (non-hydrogen) atoms. The largest absolute Gasteiger partial charge is 0.416 e. The van der Waals surface area contributed by atoms with Crippen molar-refractivity contribution in [2.24, 2.45) is 0 Å². The molecule has 2 aromatic carbocycles. The Balaban J connectivity index is 2.23. The minimum Gasteiger partial charge on any atom is -0.351 e. The summed E-state index contributed by atoms with van der Waals surface area (Å²) in [5, 5.41) is 2.47. The summed E-state index contributed by atoms with van der Waals surface area (Å²) in [7, 11) is -3.89.